The van der Waals surface area contributed by atoms with Gasteiger partial charge in [-0.2, -0.15) is 0 Å². The molecule has 1 aromatic heterocycles. The molecule has 7 heteroatoms. The van der Waals surface area contributed by atoms with Crippen LogP contribution >= 0.6 is 0 Å². The molecular weight excluding hydrogens is 392 g/mol. The minimum Gasteiger partial charge on any atom is -0.497 e. The quantitative estimate of drug-likeness (QED) is 0.385. The van der Waals surface area contributed by atoms with Crippen molar-refractivity contribution in [1.29, 1.82) is 0 Å². The van der Waals surface area contributed by atoms with E-state index in [0.29, 0.717) is 29.7 Å². The van der Waals surface area contributed by atoms with Crippen LogP contribution in [0.4, 0.5) is 11.5 Å². The van der Waals surface area contributed by atoms with Crippen LogP contribution in [0.25, 0.3) is 0 Å². The van der Waals surface area contributed by atoms with Crippen molar-refractivity contribution in [1.82, 2.24) is 9.88 Å². The van der Waals surface area contributed by atoms with Crippen LogP contribution in [0.3, 0.4) is 0 Å². The zero-order chi connectivity index (χ0) is 21.8. The summed E-state index contributed by atoms with van der Waals surface area (Å²) in [4.78, 5) is 25.1. The highest BCUT2D eigenvalue weighted by molar-refractivity contribution is 6.02. The summed E-state index contributed by atoms with van der Waals surface area (Å²) in [5, 5.41) is 0. The van der Waals surface area contributed by atoms with E-state index in [9.17, 15) is 4.79 Å². The van der Waals surface area contributed by atoms with Gasteiger partial charge >= 0.3 is 0 Å². The van der Waals surface area contributed by atoms with Crippen LogP contribution in [0.5, 0.6) is 5.75 Å². The Bertz CT molecular complexity index is 956. The second kappa shape index (κ2) is 9.47. The molecular formula is C24H30N4O3. The van der Waals surface area contributed by atoms with Gasteiger partial charge in [-0.15, -0.1) is 0 Å². The van der Waals surface area contributed by atoms with Crippen molar-refractivity contribution in [3.05, 3.63) is 47.7 Å². The second-order valence-corrected chi connectivity index (χ2v) is 8.45. The van der Waals surface area contributed by atoms with E-state index in [1.54, 1.807) is 13.3 Å². The van der Waals surface area contributed by atoms with Crippen molar-refractivity contribution in [2.45, 2.75) is 37.6 Å². The maximum absolute atomic E-state index is 11.3. The maximum atomic E-state index is 11.3. The predicted octanol–water partition coefficient (Wildman–Crippen LogP) is 3.75. The van der Waals surface area contributed by atoms with Crippen molar-refractivity contribution >= 4 is 23.9 Å². The van der Waals surface area contributed by atoms with E-state index >= 15 is 0 Å². The van der Waals surface area contributed by atoms with Gasteiger partial charge in [0.1, 0.15) is 11.6 Å². The molecule has 31 heavy (non-hydrogen) atoms. The number of ether oxygens (including phenoxy) is 2. The molecule has 0 N–H and O–H groups in total. The number of methoxy groups -OCH3 is 1. The summed E-state index contributed by atoms with van der Waals surface area (Å²) in [5.74, 6) is 2.34. The van der Waals surface area contributed by atoms with E-state index in [2.05, 4.69) is 41.0 Å². The number of hydrogen-bond donors (Lipinski definition) is 0. The SMILES string of the molecule is COc1cc(/N=C(\OC=O)c2cccnc2N2CC[C@@H](N(C)C)C2)cc(C2CCC2)c1. The van der Waals surface area contributed by atoms with Gasteiger partial charge in [-0.1, -0.05) is 6.42 Å². The van der Waals surface area contributed by atoms with Gasteiger partial charge in [-0.3, -0.25) is 4.79 Å². The van der Waals surface area contributed by atoms with Gasteiger partial charge in [0, 0.05) is 31.4 Å². The molecule has 1 aromatic carbocycles. The molecule has 1 saturated carbocycles. The van der Waals surface area contributed by atoms with Crippen LogP contribution in [-0.4, -0.2) is 62.6 Å². The van der Waals surface area contributed by atoms with E-state index in [-0.39, 0.29) is 5.90 Å². The molecule has 1 atom stereocenters. The number of aliphatic imine (C=N–C) groups is 1. The highest BCUT2D eigenvalue weighted by atomic mass is 16.5. The minimum absolute atomic E-state index is 0.249. The lowest BCUT2D eigenvalue weighted by molar-refractivity contribution is -0.121. The maximum Gasteiger partial charge on any atom is 0.299 e. The number of nitrogens with zero attached hydrogens (tertiary/aromatic N) is 4. The fourth-order valence-electron chi connectivity index (χ4n) is 4.25. The van der Waals surface area contributed by atoms with Crippen molar-refractivity contribution in [3.8, 4) is 5.75 Å². The molecule has 7 nitrogen and oxygen atoms in total. The lowest BCUT2D eigenvalue weighted by Crippen LogP contribution is -2.32. The lowest BCUT2D eigenvalue weighted by atomic mass is 9.80. The van der Waals surface area contributed by atoms with Gasteiger partial charge in [0.05, 0.1) is 18.4 Å². The monoisotopic (exact) mass is 422 g/mol. The third-order valence-corrected chi connectivity index (χ3v) is 6.33. The number of carbonyl (C=O) groups is 1. The number of carbonyl (C=O) groups excluding carboxylic acids is 1. The van der Waals surface area contributed by atoms with E-state index in [4.69, 9.17) is 14.5 Å². The number of aromatic nitrogens is 1. The van der Waals surface area contributed by atoms with E-state index in [1.165, 1.54) is 24.8 Å². The Hall–Kier alpha value is -2.93. The highest BCUT2D eigenvalue weighted by Crippen LogP contribution is 2.39. The fourth-order valence-corrected chi connectivity index (χ4v) is 4.25. The molecule has 0 amide bonds. The Balaban J connectivity index is 1.70. The van der Waals surface area contributed by atoms with Crippen LogP contribution in [-0.2, 0) is 9.53 Å². The summed E-state index contributed by atoms with van der Waals surface area (Å²) in [5.41, 5.74) is 2.64. The Morgan fingerprint density at radius 3 is 2.74 bits per heavy atom. The van der Waals surface area contributed by atoms with Crippen LogP contribution < -0.4 is 9.64 Å². The summed E-state index contributed by atoms with van der Waals surface area (Å²) >= 11 is 0. The van der Waals surface area contributed by atoms with Crippen molar-refractivity contribution in [3.63, 3.8) is 0 Å². The predicted molar refractivity (Wildman–Crippen MR) is 121 cm³/mol. The molecule has 2 aromatic rings. The standard InChI is InChI=1S/C24H30N4O3/c1-27(2)20-9-11-28(15-20)23-22(8-5-10-25-23)24(31-16-29)26-19-12-18(17-6-4-7-17)13-21(14-19)30-3/h5,8,10,12-14,16-17,20H,4,6-7,9,11,15H2,1-3H3/b26-24-/t20-/m1/s1. The molecule has 2 fully saturated rings. The summed E-state index contributed by atoms with van der Waals surface area (Å²) in [6.45, 7) is 2.19. The van der Waals surface area contributed by atoms with Gasteiger partial charge in [-0.05, 0) is 69.1 Å². The number of anilines is 1. The average Bonchev–Trinajstić information content (AvgIpc) is 3.22. The molecule has 2 heterocycles. The molecule has 0 spiro atoms. The Labute approximate surface area is 183 Å². The Kier molecular flexibility index (Phi) is 6.51. The van der Waals surface area contributed by atoms with Crippen molar-refractivity contribution < 1.29 is 14.3 Å². The summed E-state index contributed by atoms with van der Waals surface area (Å²) < 4.78 is 10.9. The first kappa shape index (κ1) is 21.3. The molecule has 2 aliphatic rings. The Morgan fingerprint density at radius 1 is 1.26 bits per heavy atom. The number of pyridine rings is 1. The topological polar surface area (TPSA) is 67.3 Å². The number of likely N-dealkylation sites (N-methyl/N-ethyl adjacent to an activating group) is 1. The molecule has 0 unspecified atom stereocenters. The largest absolute Gasteiger partial charge is 0.497 e. The zero-order valence-electron chi connectivity index (χ0n) is 18.5. The first-order valence-electron chi connectivity index (χ1n) is 10.8. The number of benzene rings is 1. The molecule has 1 aliphatic carbocycles. The molecule has 0 radical (unpaired) electrons. The van der Waals surface area contributed by atoms with Crippen molar-refractivity contribution in [2.24, 2.45) is 4.99 Å². The second-order valence-electron chi connectivity index (χ2n) is 8.45. The summed E-state index contributed by atoms with van der Waals surface area (Å²) in [6.07, 6.45) is 6.44. The van der Waals surface area contributed by atoms with Gasteiger partial charge < -0.3 is 19.3 Å². The van der Waals surface area contributed by atoms with E-state index in [0.717, 1.165) is 31.1 Å². The normalized spacial score (nSPS) is 19.4. The zero-order valence-corrected chi connectivity index (χ0v) is 18.5. The first-order valence-corrected chi connectivity index (χ1v) is 10.8. The van der Waals surface area contributed by atoms with E-state index < -0.39 is 0 Å². The van der Waals surface area contributed by atoms with Gasteiger partial charge in [0.25, 0.3) is 6.47 Å². The number of rotatable bonds is 7. The fraction of sp³-hybridized carbons (Fsp3) is 0.458. The Morgan fingerprint density at radius 2 is 2.10 bits per heavy atom. The number of hydrogen-bond acceptors (Lipinski definition) is 7. The van der Waals surface area contributed by atoms with Crippen LogP contribution in [0.1, 0.15) is 42.7 Å². The molecule has 1 aliphatic heterocycles. The average molecular weight is 423 g/mol. The molecule has 0 bridgehead atoms. The van der Waals surface area contributed by atoms with Crippen LogP contribution in [0.2, 0.25) is 0 Å². The third kappa shape index (κ3) is 4.71. The summed E-state index contributed by atoms with van der Waals surface area (Å²) in [6, 6.07) is 10.2. The van der Waals surface area contributed by atoms with Crippen LogP contribution in [0, 0.1) is 0 Å². The van der Waals surface area contributed by atoms with Crippen molar-refractivity contribution in [2.75, 3.05) is 39.2 Å². The first-order chi connectivity index (χ1) is 15.1. The lowest BCUT2D eigenvalue weighted by Gasteiger charge is -2.26. The highest BCUT2D eigenvalue weighted by Gasteiger charge is 2.28. The molecule has 164 valence electrons. The van der Waals surface area contributed by atoms with Gasteiger partial charge in [0.2, 0.25) is 5.90 Å². The van der Waals surface area contributed by atoms with E-state index in [1.807, 2.05) is 18.2 Å². The third-order valence-electron chi connectivity index (χ3n) is 6.33. The minimum atomic E-state index is 0.249. The van der Waals surface area contributed by atoms with Gasteiger partial charge in [0.15, 0.2) is 0 Å². The smallest absolute Gasteiger partial charge is 0.299 e. The van der Waals surface area contributed by atoms with Gasteiger partial charge in [-0.25, -0.2) is 9.98 Å². The molecule has 1 saturated heterocycles. The van der Waals surface area contributed by atoms with Crippen LogP contribution in [0.15, 0.2) is 41.5 Å². The summed E-state index contributed by atoms with van der Waals surface area (Å²) in [7, 11) is 5.85. The molecule has 4 rings (SSSR count).